The van der Waals surface area contributed by atoms with E-state index < -0.39 is 5.91 Å². The van der Waals surface area contributed by atoms with Crippen molar-refractivity contribution in [2.75, 3.05) is 16.4 Å². The summed E-state index contributed by atoms with van der Waals surface area (Å²) in [4.78, 5) is 43.2. The summed E-state index contributed by atoms with van der Waals surface area (Å²) in [7, 11) is 0. The fourth-order valence-electron chi connectivity index (χ4n) is 3.46. The number of nitrogens with one attached hydrogen (secondary N) is 3. The molecule has 0 saturated carbocycles. The Hall–Kier alpha value is -4.40. The average Bonchev–Trinajstić information content (AvgIpc) is 2.95. The van der Waals surface area contributed by atoms with Gasteiger partial charge < -0.3 is 16.0 Å². The molecule has 4 aromatic rings. The van der Waals surface area contributed by atoms with Crippen molar-refractivity contribution in [3.05, 3.63) is 125 Å². The molecule has 0 aliphatic heterocycles. The summed E-state index contributed by atoms with van der Waals surface area (Å²) >= 11 is 7.16. The molecular weight excluding hydrogens is 532 g/mol. The zero-order chi connectivity index (χ0) is 27.6. The maximum atomic E-state index is 13.2. The SMILES string of the molecule is Cc1ccccc1/C=C(\NC(=O)c1ccccc1)C(=O)Nc1ccc(SCC(=O)Nc2ccc(Cl)cn2)cc1. The number of hydrogen-bond acceptors (Lipinski definition) is 5. The molecule has 4 rings (SSSR count). The Balaban J connectivity index is 1.40. The number of anilines is 2. The molecule has 0 spiro atoms. The largest absolute Gasteiger partial charge is 0.321 e. The molecule has 0 fully saturated rings. The molecule has 3 N–H and O–H groups in total. The number of aromatic nitrogens is 1. The summed E-state index contributed by atoms with van der Waals surface area (Å²) in [5.41, 5.74) is 2.88. The first kappa shape index (κ1) is 27.6. The van der Waals surface area contributed by atoms with Gasteiger partial charge in [0.05, 0.1) is 10.8 Å². The van der Waals surface area contributed by atoms with Gasteiger partial charge in [-0.2, -0.15) is 0 Å². The highest BCUT2D eigenvalue weighted by atomic mass is 35.5. The number of pyridine rings is 1. The van der Waals surface area contributed by atoms with E-state index in [2.05, 4.69) is 20.9 Å². The minimum Gasteiger partial charge on any atom is -0.321 e. The molecule has 0 aliphatic carbocycles. The van der Waals surface area contributed by atoms with Crippen LogP contribution in [0.3, 0.4) is 0 Å². The van der Waals surface area contributed by atoms with Crippen LogP contribution < -0.4 is 16.0 Å². The Labute approximate surface area is 235 Å². The third-order valence-electron chi connectivity index (χ3n) is 5.49. The van der Waals surface area contributed by atoms with Crippen molar-refractivity contribution in [3.63, 3.8) is 0 Å². The Morgan fingerprint density at radius 2 is 1.59 bits per heavy atom. The summed E-state index contributed by atoms with van der Waals surface area (Å²) in [5.74, 6) is -0.434. The first-order valence-corrected chi connectivity index (χ1v) is 13.3. The maximum Gasteiger partial charge on any atom is 0.272 e. The fraction of sp³-hybridized carbons (Fsp3) is 0.0667. The molecule has 3 amide bonds. The van der Waals surface area contributed by atoms with Crippen LogP contribution in [-0.2, 0) is 9.59 Å². The Bertz CT molecular complexity index is 1490. The van der Waals surface area contributed by atoms with Gasteiger partial charge in [-0.15, -0.1) is 11.8 Å². The summed E-state index contributed by atoms with van der Waals surface area (Å²) in [6, 6.07) is 26.7. The molecule has 39 heavy (non-hydrogen) atoms. The molecular formula is C30H25ClN4O3S. The van der Waals surface area contributed by atoms with E-state index in [4.69, 9.17) is 11.6 Å². The third kappa shape index (κ3) is 8.29. The lowest BCUT2D eigenvalue weighted by Crippen LogP contribution is -2.30. The van der Waals surface area contributed by atoms with Crippen LogP contribution in [0.2, 0.25) is 5.02 Å². The van der Waals surface area contributed by atoms with Crippen LogP contribution in [-0.4, -0.2) is 28.5 Å². The van der Waals surface area contributed by atoms with Crippen molar-refractivity contribution in [1.82, 2.24) is 10.3 Å². The standard InChI is InChI=1S/C30H25ClN4O3S/c1-20-7-5-6-10-22(20)17-26(34-29(37)21-8-3-2-4-9-21)30(38)33-24-12-14-25(15-13-24)39-19-28(36)35-27-16-11-23(31)18-32-27/h2-18H,19H2,1H3,(H,33,38)(H,34,37)(H,32,35,36)/b26-17-. The highest BCUT2D eigenvalue weighted by molar-refractivity contribution is 8.00. The van der Waals surface area contributed by atoms with Crippen LogP contribution in [0.25, 0.3) is 6.08 Å². The monoisotopic (exact) mass is 556 g/mol. The summed E-state index contributed by atoms with van der Waals surface area (Å²) < 4.78 is 0. The molecule has 1 aromatic heterocycles. The van der Waals surface area contributed by atoms with Crippen LogP contribution in [0, 0.1) is 6.92 Å². The van der Waals surface area contributed by atoms with Gasteiger partial charge in [0.15, 0.2) is 0 Å². The number of thioether (sulfide) groups is 1. The van der Waals surface area contributed by atoms with E-state index in [1.807, 2.05) is 37.3 Å². The number of halogens is 1. The topological polar surface area (TPSA) is 100 Å². The van der Waals surface area contributed by atoms with Gasteiger partial charge in [0.1, 0.15) is 11.5 Å². The summed E-state index contributed by atoms with van der Waals surface area (Å²) in [6.45, 7) is 1.93. The fourth-order valence-corrected chi connectivity index (χ4v) is 4.27. The van der Waals surface area contributed by atoms with Gasteiger partial charge in [-0.1, -0.05) is 54.1 Å². The van der Waals surface area contributed by atoms with Crippen LogP contribution in [0.15, 0.2) is 108 Å². The molecule has 1 heterocycles. The number of carbonyl (C=O) groups excluding carboxylic acids is 3. The van der Waals surface area contributed by atoms with Crippen molar-refractivity contribution in [3.8, 4) is 0 Å². The number of rotatable bonds is 9. The van der Waals surface area contributed by atoms with E-state index in [0.717, 1.165) is 16.0 Å². The minimum atomic E-state index is -0.460. The Morgan fingerprint density at radius 1 is 0.872 bits per heavy atom. The normalized spacial score (nSPS) is 11.0. The van der Waals surface area contributed by atoms with E-state index in [9.17, 15) is 14.4 Å². The van der Waals surface area contributed by atoms with Crippen molar-refractivity contribution in [2.24, 2.45) is 0 Å². The summed E-state index contributed by atoms with van der Waals surface area (Å²) in [6.07, 6.45) is 3.12. The van der Waals surface area contributed by atoms with E-state index in [1.54, 1.807) is 66.7 Å². The van der Waals surface area contributed by atoms with Crippen LogP contribution >= 0.6 is 23.4 Å². The quantitative estimate of drug-likeness (QED) is 0.169. The molecule has 0 radical (unpaired) electrons. The first-order valence-electron chi connectivity index (χ1n) is 12.0. The highest BCUT2D eigenvalue weighted by Crippen LogP contribution is 2.21. The predicted molar refractivity (Wildman–Crippen MR) is 157 cm³/mol. The molecule has 0 bridgehead atoms. The zero-order valence-corrected chi connectivity index (χ0v) is 22.6. The maximum absolute atomic E-state index is 13.2. The molecule has 3 aromatic carbocycles. The van der Waals surface area contributed by atoms with E-state index in [-0.39, 0.29) is 23.3 Å². The number of hydrogen-bond donors (Lipinski definition) is 3. The number of amides is 3. The number of aryl methyl sites for hydroxylation is 1. The Morgan fingerprint density at radius 3 is 2.28 bits per heavy atom. The lowest BCUT2D eigenvalue weighted by molar-refractivity contribution is -0.114. The van der Waals surface area contributed by atoms with Crippen molar-refractivity contribution >= 4 is 58.7 Å². The van der Waals surface area contributed by atoms with Gasteiger partial charge >= 0.3 is 0 Å². The Kier molecular flexibility index (Phi) is 9.50. The van der Waals surface area contributed by atoms with Crippen LogP contribution in [0.5, 0.6) is 0 Å². The number of carbonyl (C=O) groups is 3. The minimum absolute atomic E-state index is 0.115. The number of nitrogens with zero attached hydrogens (tertiary/aromatic N) is 1. The van der Waals surface area contributed by atoms with Crippen molar-refractivity contribution in [2.45, 2.75) is 11.8 Å². The van der Waals surface area contributed by atoms with Crippen LogP contribution in [0.4, 0.5) is 11.5 Å². The second-order valence-electron chi connectivity index (χ2n) is 8.41. The smallest absolute Gasteiger partial charge is 0.272 e. The second kappa shape index (κ2) is 13.4. The zero-order valence-electron chi connectivity index (χ0n) is 21.0. The van der Waals surface area contributed by atoms with Gasteiger partial charge in [0.2, 0.25) is 5.91 Å². The second-order valence-corrected chi connectivity index (χ2v) is 9.90. The average molecular weight is 557 g/mol. The van der Waals surface area contributed by atoms with Gasteiger partial charge in [-0.3, -0.25) is 14.4 Å². The molecule has 0 aliphatic rings. The van der Waals surface area contributed by atoms with E-state index in [0.29, 0.717) is 22.1 Å². The molecule has 0 saturated heterocycles. The lowest BCUT2D eigenvalue weighted by atomic mass is 10.1. The van der Waals surface area contributed by atoms with Crippen LogP contribution in [0.1, 0.15) is 21.5 Å². The summed E-state index contributed by atoms with van der Waals surface area (Å²) in [5, 5.41) is 8.79. The number of benzene rings is 3. The van der Waals surface area contributed by atoms with Gasteiger partial charge in [-0.05, 0) is 72.7 Å². The highest BCUT2D eigenvalue weighted by Gasteiger charge is 2.15. The molecule has 0 unspecified atom stereocenters. The van der Waals surface area contributed by atoms with E-state index >= 15 is 0 Å². The molecule has 0 atom stereocenters. The molecule has 9 heteroatoms. The van der Waals surface area contributed by atoms with Gasteiger partial charge in [-0.25, -0.2) is 4.98 Å². The molecule has 196 valence electrons. The van der Waals surface area contributed by atoms with E-state index in [1.165, 1.54) is 18.0 Å². The van der Waals surface area contributed by atoms with Crippen molar-refractivity contribution < 1.29 is 14.4 Å². The van der Waals surface area contributed by atoms with Gasteiger partial charge in [0, 0.05) is 22.3 Å². The predicted octanol–water partition coefficient (Wildman–Crippen LogP) is 6.18. The molecule has 7 nitrogen and oxygen atoms in total. The lowest BCUT2D eigenvalue weighted by Gasteiger charge is -2.12. The first-order chi connectivity index (χ1) is 18.9. The third-order valence-corrected chi connectivity index (χ3v) is 6.73. The van der Waals surface area contributed by atoms with Gasteiger partial charge in [0.25, 0.3) is 11.8 Å². The van der Waals surface area contributed by atoms with Crippen molar-refractivity contribution in [1.29, 1.82) is 0 Å².